The molecule has 1 rings (SSSR count). The maximum absolute atomic E-state index is 13.0. The second-order valence-corrected chi connectivity index (χ2v) is 4.86. The zero-order valence-corrected chi connectivity index (χ0v) is 11.1. The molecule has 0 aliphatic heterocycles. The zero-order chi connectivity index (χ0) is 12.2. The summed E-state index contributed by atoms with van der Waals surface area (Å²) in [5, 5.41) is 0. The van der Waals surface area contributed by atoms with Crippen molar-refractivity contribution in [2.24, 2.45) is 5.41 Å². The van der Waals surface area contributed by atoms with Crippen LogP contribution in [0.2, 0.25) is 0 Å². The van der Waals surface area contributed by atoms with Gasteiger partial charge in [0, 0.05) is 5.88 Å². The van der Waals surface area contributed by atoms with E-state index >= 15 is 0 Å². The number of halogens is 2. The molecule has 0 bridgehead atoms. The van der Waals surface area contributed by atoms with Crippen molar-refractivity contribution in [3.8, 4) is 0 Å². The zero-order valence-electron chi connectivity index (χ0n) is 10.3. The summed E-state index contributed by atoms with van der Waals surface area (Å²) < 4.78 is 13.0. The molecule has 90 valence electrons. The third-order valence-corrected chi connectivity index (χ3v) is 4.22. The quantitative estimate of drug-likeness (QED) is 0.656. The van der Waals surface area contributed by atoms with Gasteiger partial charge in [-0.2, -0.15) is 0 Å². The first-order chi connectivity index (χ1) is 7.56. The summed E-state index contributed by atoms with van der Waals surface area (Å²) >= 11 is 6.08. The van der Waals surface area contributed by atoms with Crippen LogP contribution in [0.25, 0.3) is 0 Å². The Kier molecular flexibility index (Phi) is 4.79. The molecule has 0 saturated carbocycles. The molecule has 0 fully saturated rings. The predicted octanol–water partition coefficient (Wildman–Crippen LogP) is 4.72. The summed E-state index contributed by atoms with van der Waals surface area (Å²) in [6.07, 6.45) is 3.06. The van der Waals surface area contributed by atoms with E-state index in [2.05, 4.69) is 13.8 Å². The van der Waals surface area contributed by atoms with E-state index in [0.29, 0.717) is 5.88 Å². The molecule has 1 aromatic rings. The Hall–Kier alpha value is -0.560. The van der Waals surface area contributed by atoms with Crippen LogP contribution >= 0.6 is 11.6 Å². The predicted molar refractivity (Wildman–Crippen MR) is 68.6 cm³/mol. The van der Waals surface area contributed by atoms with Crippen LogP contribution in [0.1, 0.15) is 37.8 Å². The lowest BCUT2D eigenvalue weighted by Crippen LogP contribution is -2.24. The van der Waals surface area contributed by atoms with E-state index in [0.717, 1.165) is 24.8 Å². The van der Waals surface area contributed by atoms with Crippen molar-refractivity contribution in [2.45, 2.75) is 40.0 Å². The van der Waals surface area contributed by atoms with Crippen molar-refractivity contribution in [3.05, 3.63) is 35.1 Å². The number of hydrogen-bond donors (Lipinski definition) is 0. The van der Waals surface area contributed by atoms with Crippen molar-refractivity contribution in [3.63, 3.8) is 0 Å². The third kappa shape index (κ3) is 2.98. The number of benzene rings is 1. The van der Waals surface area contributed by atoms with Crippen LogP contribution in [0.5, 0.6) is 0 Å². The summed E-state index contributed by atoms with van der Waals surface area (Å²) in [4.78, 5) is 0. The summed E-state index contributed by atoms with van der Waals surface area (Å²) in [5.41, 5.74) is 2.39. The van der Waals surface area contributed by atoms with Crippen LogP contribution in [-0.2, 0) is 6.42 Å². The van der Waals surface area contributed by atoms with Crippen LogP contribution in [0, 0.1) is 18.2 Å². The number of aryl methyl sites for hydroxylation is 1. The lowest BCUT2D eigenvalue weighted by Gasteiger charge is -2.30. The summed E-state index contributed by atoms with van der Waals surface area (Å²) in [7, 11) is 0. The molecule has 0 saturated heterocycles. The highest BCUT2D eigenvalue weighted by atomic mass is 35.5. The van der Waals surface area contributed by atoms with Crippen LogP contribution in [0.4, 0.5) is 4.39 Å². The molecule has 16 heavy (non-hydrogen) atoms. The first kappa shape index (κ1) is 13.5. The molecule has 0 radical (unpaired) electrons. The highest BCUT2D eigenvalue weighted by Gasteiger charge is 2.25. The van der Waals surface area contributed by atoms with Gasteiger partial charge in [0.1, 0.15) is 5.82 Å². The number of hydrogen-bond acceptors (Lipinski definition) is 0. The SMILES string of the molecule is CCC(CC)(CCl)Cc1ccc(F)cc1C. The highest BCUT2D eigenvalue weighted by Crippen LogP contribution is 2.33. The molecule has 0 N–H and O–H groups in total. The maximum atomic E-state index is 13.0. The molecule has 0 amide bonds. The van der Waals surface area contributed by atoms with Crippen molar-refractivity contribution in [2.75, 3.05) is 5.88 Å². The Bertz CT molecular complexity index is 334. The Morgan fingerprint density at radius 1 is 1.25 bits per heavy atom. The molecular formula is C14H20ClF. The van der Waals surface area contributed by atoms with Crippen molar-refractivity contribution in [1.29, 1.82) is 0 Å². The van der Waals surface area contributed by atoms with Gasteiger partial charge in [0.25, 0.3) is 0 Å². The average Bonchev–Trinajstić information content (AvgIpc) is 2.29. The van der Waals surface area contributed by atoms with E-state index in [4.69, 9.17) is 11.6 Å². The van der Waals surface area contributed by atoms with Crippen LogP contribution in [-0.4, -0.2) is 5.88 Å². The van der Waals surface area contributed by atoms with Crippen LogP contribution in [0.15, 0.2) is 18.2 Å². The fourth-order valence-electron chi connectivity index (χ4n) is 2.00. The minimum absolute atomic E-state index is 0.157. The molecule has 0 nitrogen and oxygen atoms in total. The van der Waals surface area contributed by atoms with E-state index < -0.39 is 0 Å². The highest BCUT2D eigenvalue weighted by molar-refractivity contribution is 6.18. The summed E-state index contributed by atoms with van der Waals surface area (Å²) in [6.45, 7) is 6.30. The van der Waals surface area contributed by atoms with Crippen molar-refractivity contribution in [1.82, 2.24) is 0 Å². The fourth-order valence-corrected chi connectivity index (χ4v) is 2.47. The second-order valence-electron chi connectivity index (χ2n) is 4.59. The Morgan fingerprint density at radius 2 is 1.88 bits per heavy atom. The standard InChI is InChI=1S/C14H20ClF/c1-4-14(5-2,10-15)9-12-6-7-13(16)8-11(12)3/h6-8H,4-5,9-10H2,1-3H3. The Labute approximate surface area is 103 Å². The fraction of sp³-hybridized carbons (Fsp3) is 0.571. The first-order valence-corrected chi connectivity index (χ1v) is 6.41. The Morgan fingerprint density at radius 3 is 2.31 bits per heavy atom. The smallest absolute Gasteiger partial charge is 0.123 e. The molecule has 0 aliphatic carbocycles. The minimum atomic E-state index is -0.161. The molecule has 0 atom stereocenters. The Balaban J connectivity index is 2.93. The summed E-state index contributed by atoms with van der Waals surface area (Å²) in [5.74, 6) is 0.502. The van der Waals surface area contributed by atoms with Gasteiger partial charge in [-0.25, -0.2) is 4.39 Å². The topological polar surface area (TPSA) is 0 Å². The van der Waals surface area contributed by atoms with E-state index in [-0.39, 0.29) is 11.2 Å². The maximum Gasteiger partial charge on any atom is 0.123 e. The number of alkyl halides is 1. The minimum Gasteiger partial charge on any atom is -0.207 e. The largest absolute Gasteiger partial charge is 0.207 e. The molecule has 1 aromatic carbocycles. The van der Waals surface area contributed by atoms with Crippen LogP contribution < -0.4 is 0 Å². The molecule has 2 heteroatoms. The lowest BCUT2D eigenvalue weighted by atomic mass is 9.78. The van der Waals surface area contributed by atoms with Gasteiger partial charge in [-0.1, -0.05) is 19.9 Å². The first-order valence-electron chi connectivity index (χ1n) is 5.88. The number of rotatable bonds is 5. The van der Waals surface area contributed by atoms with Gasteiger partial charge in [-0.05, 0) is 54.9 Å². The molecule has 0 unspecified atom stereocenters. The van der Waals surface area contributed by atoms with E-state index in [9.17, 15) is 4.39 Å². The van der Waals surface area contributed by atoms with Gasteiger partial charge < -0.3 is 0 Å². The van der Waals surface area contributed by atoms with Gasteiger partial charge in [-0.15, -0.1) is 11.6 Å². The molecule has 0 aromatic heterocycles. The van der Waals surface area contributed by atoms with Gasteiger partial charge in [0.15, 0.2) is 0 Å². The van der Waals surface area contributed by atoms with E-state index in [1.165, 1.54) is 11.6 Å². The normalized spacial score (nSPS) is 11.8. The van der Waals surface area contributed by atoms with Crippen LogP contribution in [0.3, 0.4) is 0 Å². The second kappa shape index (κ2) is 5.67. The third-order valence-electron chi connectivity index (χ3n) is 3.65. The average molecular weight is 243 g/mol. The van der Waals surface area contributed by atoms with E-state index in [1.807, 2.05) is 13.0 Å². The van der Waals surface area contributed by atoms with Crippen molar-refractivity contribution >= 4 is 11.6 Å². The lowest BCUT2D eigenvalue weighted by molar-refractivity contribution is 0.301. The van der Waals surface area contributed by atoms with Gasteiger partial charge in [0.2, 0.25) is 0 Å². The van der Waals surface area contributed by atoms with Gasteiger partial charge in [0.05, 0.1) is 0 Å². The van der Waals surface area contributed by atoms with Crippen molar-refractivity contribution < 1.29 is 4.39 Å². The molecule has 0 aliphatic rings. The molecule has 0 spiro atoms. The molecule has 0 heterocycles. The van der Waals surface area contributed by atoms with E-state index in [1.54, 1.807) is 6.07 Å². The van der Waals surface area contributed by atoms with Gasteiger partial charge >= 0.3 is 0 Å². The summed E-state index contributed by atoms with van der Waals surface area (Å²) in [6, 6.07) is 5.02. The monoisotopic (exact) mass is 242 g/mol. The molecular weight excluding hydrogens is 223 g/mol. The van der Waals surface area contributed by atoms with Gasteiger partial charge in [-0.3, -0.25) is 0 Å².